The van der Waals surface area contributed by atoms with E-state index in [1.807, 2.05) is 0 Å². The second kappa shape index (κ2) is 8.64. The lowest BCUT2D eigenvalue weighted by atomic mass is 10.1. The van der Waals surface area contributed by atoms with Gasteiger partial charge in [0.15, 0.2) is 5.65 Å². The molecule has 10 nitrogen and oxygen atoms in total. The Labute approximate surface area is 198 Å². The molecule has 1 unspecified atom stereocenters. The molecule has 3 heterocycles. The molecule has 0 spiro atoms. The van der Waals surface area contributed by atoms with Gasteiger partial charge in [0, 0.05) is 23.7 Å². The first kappa shape index (κ1) is 21.7. The molecule has 1 saturated heterocycles. The van der Waals surface area contributed by atoms with Crippen LogP contribution in [0.25, 0.3) is 16.7 Å². The van der Waals surface area contributed by atoms with Crippen LogP contribution >= 0.6 is 11.6 Å². The standard InChI is InChI=1S/C23H19ClN6O4/c1-34-18-7-5-16(6-8-18)28-12-14(9-20(28)31)22(32)27-29-13-25-21-19(23(29)33)11-26-30(21)17-4-2-3-15(24)10-17/h2-8,10-11,13-14H,9,12H2,1H3,(H,27,32). The number of rotatable bonds is 5. The van der Waals surface area contributed by atoms with Gasteiger partial charge in [0.25, 0.3) is 5.56 Å². The molecule has 2 aromatic carbocycles. The fourth-order valence-corrected chi connectivity index (χ4v) is 4.08. The second-order valence-corrected chi connectivity index (χ2v) is 8.21. The topological polar surface area (TPSA) is 111 Å². The Morgan fingerprint density at radius 2 is 1.94 bits per heavy atom. The molecule has 0 radical (unpaired) electrons. The average molecular weight is 479 g/mol. The van der Waals surface area contributed by atoms with Gasteiger partial charge in [-0.3, -0.25) is 19.8 Å². The maximum Gasteiger partial charge on any atom is 0.283 e. The lowest BCUT2D eigenvalue weighted by Gasteiger charge is -2.17. The highest BCUT2D eigenvalue weighted by atomic mass is 35.5. The molecule has 5 rings (SSSR count). The molecule has 0 bridgehead atoms. The van der Waals surface area contributed by atoms with E-state index in [-0.39, 0.29) is 24.3 Å². The van der Waals surface area contributed by atoms with Crippen molar-refractivity contribution in [2.75, 3.05) is 24.0 Å². The molecule has 2 amide bonds. The molecular formula is C23H19ClN6O4. The minimum atomic E-state index is -0.619. The summed E-state index contributed by atoms with van der Waals surface area (Å²) in [6.45, 7) is 0.202. The first-order valence-corrected chi connectivity index (χ1v) is 10.8. The number of carbonyl (C=O) groups is 2. The number of aromatic nitrogens is 4. The molecule has 1 aliphatic rings. The number of amides is 2. The molecule has 34 heavy (non-hydrogen) atoms. The third-order valence-corrected chi connectivity index (χ3v) is 5.89. The van der Waals surface area contributed by atoms with Crippen molar-refractivity contribution in [2.24, 2.45) is 5.92 Å². The van der Waals surface area contributed by atoms with Gasteiger partial charge >= 0.3 is 0 Å². The number of hydrogen-bond donors (Lipinski definition) is 1. The van der Waals surface area contributed by atoms with Crippen molar-refractivity contribution in [2.45, 2.75) is 6.42 Å². The predicted molar refractivity (Wildman–Crippen MR) is 126 cm³/mol. The predicted octanol–water partition coefficient (Wildman–Crippen LogP) is 2.37. The largest absolute Gasteiger partial charge is 0.497 e. The van der Waals surface area contributed by atoms with Crippen LogP contribution < -0.4 is 20.6 Å². The lowest BCUT2D eigenvalue weighted by Crippen LogP contribution is -2.37. The van der Waals surface area contributed by atoms with Crippen LogP contribution in [0.4, 0.5) is 5.69 Å². The van der Waals surface area contributed by atoms with Crippen molar-refractivity contribution in [3.8, 4) is 11.4 Å². The summed E-state index contributed by atoms with van der Waals surface area (Å²) < 4.78 is 7.65. The van der Waals surface area contributed by atoms with E-state index in [9.17, 15) is 14.4 Å². The number of fused-ring (bicyclic) bond motifs is 1. The van der Waals surface area contributed by atoms with Gasteiger partial charge in [0.1, 0.15) is 17.5 Å². The van der Waals surface area contributed by atoms with Gasteiger partial charge in [-0.25, -0.2) is 14.3 Å². The molecule has 1 aliphatic heterocycles. The van der Waals surface area contributed by atoms with Crippen LogP contribution in [0, 0.1) is 5.92 Å². The first-order valence-electron chi connectivity index (χ1n) is 10.4. The normalized spacial score (nSPS) is 15.6. The minimum Gasteiger partial charge on any atom is -0.497 e. The lowest BCUT2D eigenvalue weighted by molar-refractivity contribution is -0.123. The number of benzene rings is 2. The highest BCUT2D eigenvalue weighted by Crippen LogP contribution is 2.27. The number of methoxy groups -OCH3 is 1. The van der Waals surface area contributed by atoms with Gasteiger partial charge in [0.05, 0.1) is 24.9 Å². The Bertz CT molecular complexity index is 1460. The Kier molecular flexibility index (Phi) is 5.50. The van der Waals surface area contributed by atoms with E-state index < -0.39 is 17.4 Å². The summed E-state index contributed by atoms with van der Waals surface area (Å²) in [5, 5.41) is 4.99. The molecule has 0 aliphatic carbocycles. The minimum absolute atomic E-state index is 0.0367. The van der Waals surface area contributed by atoms with Gasteiger partial charge in [-0.15, -0.1) is 0 Å². The molecule has 1 N–H and O–H groups in total. The van der Waals surface area contributed by atoms with Crippen molar-refractivity contribution in [3.63, 3.8) is 0 Å². The van der Waals surface area contributed by atoms with E-state index in [4.69, 9.17) is 16.3 Å². The zero-order valence-corrected chi connectivity index (χ0v) is 18.8. The van der Waals surface area contributed by atoms with Crippen molar-refractivity contribution in [3.05, 3.63) is 76.4 Å². The van der Waals surface area contributed by atoms with Crippen molar-refractivity contribution >= 4 is 40.1 Å². The highest BCUT2D eigenvalue weighted by Gasteiger charge is 2.35. The molecular weight excluding hydrogens is 460 g/mol. The van der Waals surface area contributed by atoms with Crippen LogP contribution in [-0.2, 0) is 9.59 Å². The van der Waals surface area contributed by atoms with Gasteiger partial charge in [-0.2, -0.15) is 5.10 Å². The van der Waals surface area contributed by atoms with Crippen LogP contribution in [0.2, 0.25) is 5.02 Å². The maximum atomic E-state index is 12.9. The van der Waals surface area contributed by atoms with E-state index >= 15 is 0 Å². The van der Waals surface area contributed by atoms with Crippen LogP contribution in [0.3, 0.4) is 0 Å². The van der Waals surface area contributed by atoms with E-state index in [0.29, 0.717) is 27.8 Å². The summed E-state index contributed by atoms with van der Waals surface area (Å²) in [4.78, 5) is 44.2. The van der Waals surface area contributed by atoms with Crippen molar-refractivity contribution < 1.29 is 14.3 Å². The summed E-state index contributed by atoms with van der Waals surface area (Å²) in [5.41, 5.74) is 3.74. The summed E-state index contributed by atoms with van der Waals surface area (Å²) in [5.74, 6) is -0.569. The first-order chi connectivity index (χ1) is 16.4. The van der Waals surface area contributed by atoms with Crippen LogP contribution in [0.1, 0.15) is 6.42 Å². The molecule has 2 aromatic heterocycles. The number of anilines is 1. The highest BCUT2D eigenvalue weighted by molar-refractivity contribution is 6.30. The van der Waals surface area contributed by atoms with Gasteiger partial charge in [0.2, 0.25) is 11.8 Å². The van der Waals surface area contributed by atoms with Crippen LogP contribution in [0.15, 0.2) is 65.8 Å². The summed E-state index contributed by atoms with van der Waals surface area (Å²) >= 11 is 6.05. The zero-order chi connectivity index (χ0) is 23.8. The molecule has 1 atom stereocenters. The third kappa shape index (κ3) is 3.88. The SMILES string of the molecule is COc1ccc(N2CC(C(=O)Nn3cnc4c(cnn4-c4cccc(Cl)c4)c3=O)CC2=O)cc1. The third-order valence-electron chi connectivity index (χ3n) is 5.65. The number of nitrogens with zero attached hydrogens (tertiary/aromatic N) is 5. The van der Waals surface area contributed by atoms with Crippen molar-refractivity contribution in [1.29, 1.82) is 0 Å². The van der Waals surface area contributed by atoms with Gasteiger partial charge in [-0.05, 0) is 42.5 Å². The Morgan fingerprint density at radius 1 is 1.15 bits per heavy atom. The molecule has 172 valence electrons. The Balaban J connectivity index is 1.35. The fourth-order valence-electron chi connectivity index (χ4n) is 3.89. The van der Waals surface area contributed by atoms with Crippen LogP contribution in [-0.4, -0.2) is 44.9 Å². The van der Waals surface area contributed by atoms with E-state index in [2.05, 4.69) is 15.5 Å². The molecule has 4 aromatic rings. The fraction of sp³-hybridized carbons (Fsp3) is 0.174. The number of carbonyl (C=O) groups excluding carboxylic acids is 2. The molecule has 0 saturated carbocycles. The summed E-state index contributed by atoms with van der Waals surface area (Å²) in [7, 11) is 1.56. The van der Waals surface area contributed by atoms with Crippen molar-refractivity contribution in [1.82, 2.24) is 19.4 Å². The van der Waals surface area contributed by atoms with E-state index in [1.165, 1.54) is 17.2 Å². The second-order valence-electron chi connectivity index (χ2n) is 7.77. The smallest absolute Gasteiger partial charge is 0.283 e. The van der Waals surface area contributed by atoms with Gasteiger partial charge < -0.3 is 9.64 Å². The van der Waals surface area contributed by atoms with E-state index in [1.54, 1.807) is 60.5 Å². The monoisotopic (exact) mass is 478 g/mol. The average Bonchev–Trinajstić information content (AvgIpc) is 3.45. The molecule has 11 heteroatoms. The summed E-state index contributed by atoms with van der Waals surface area (Å²) in [6.07, 6.45) is 2.65. The quantitative estimate of drug-likeness (QED) is 0.471. The van der Waals surface area contributed by atoms with Gasteiger partial charge in [-0.1, -0.05) is 17.7 Å². The Morgan fingerprint density at radius 3 is 2.68 bits per heavy atom. The van der Waals surface area contributed by atoms with E-state index in [0.717, 1.165) is 4.68 Å². The Hall–Kier alpha value is -4.18. The number of nitrogens with one attached hydrogen (secondary N) is 1. The molecule has 1 fully saturated rings. The maximum absolute atomic E-state index is 12.9. The number of ether oxygens (including phenoxy) is 1. The van der Waals surface area contributed by atoms with Crippen LogP contribution in [0.5, 0.6) is 5.75 Å². The summed E-state index contributed by atoms with van der Waals surface area (Å²) in [6, 6.07) is 14.0. The number of halogens is 1. The number of hydrogen-bond acceptors (Lipinski definition) is 6. The zero-order valence-electron chi connectivity index (χ0n) is 18.0.